The van der Waals surface area contributed by atoms with Crippen LogP contribution in [-0.4, -0.2) is 101 Å². The number of furan rings is 1. The first-order valence-electron chi connectivity index (χ1n) is 21.0. The van der Waals surface area contributed by atoms with E-state index in [1.165, 1.54) is 71.2 Å². The lowest BCUT2D eigenvalue weighted by Gasteiger charge is -2.24. The van der Waals surface area contributed by atoms with Crippen LogP contribution in [-0.2, 0) is 0 Å². The summed E-state index contributed by atoms with van der Waals surface area (Å²) in [4.78, 5) is 15.9. The molecule has 0 saturated carbocycles. The van der Waals surface area contributed by atoms with Gasteiger partial charge < -0.3 is 4.42 Å². The van der Waals surface area contributed by atoms with Gasteiger partial charge in [0.25, 0.3) is 0 Å². The summed E-state index contributed by atoms with van der Waals surface area (Å²) in [7, 11) is 24.7. The second-order valence-corrected chi connectivity index (χ2v) is 16.7. The van der Waals surface area contributed by atoms with Gasteiger partial charge in [-0.1, -0.05) is 141 Å². The fourth-order valence-corrected chi connectivity index (χ4v) is 9.36. The first kappa shape index (κ1) is 39.5. The van der Waals surface area contributed by atoms with Gasteiger partial charge in [0.15, 0.2) is 17.5 Å². The molecule has 0 fully saturated rings. The van der Waals surface area contributed by atoms with Crippen LogP contribution in [0.4, 0.5) is 0 Å². The van der Waals surface area contributed by atoms with E-state index in [0.29, 0.717) is 17.5 Å². The highest BCUT2D eigenvalue weighted by Gasteiger charge is 2.27. The van der Waals surface area contributed by atoms with Crippen LogP contribution in [0.5, 0.6) is 0 Å². The molecule has 0 aliphatic rings. The van der Waals surface area contributed by atoms with Crippen molar-refractivity contribution in [3.8, 4) is 67.5 Å². The van der Waals surface area contributed by atoms with Gasteiger partial charge in [0.2, 0.25) is 0 Å². The summed E-state index contributed by atoms with van der Waals surface area (Å²) in [6, 6.07) is 37.9. The van der Waals surface area contributed by atoms with Gasteiger partial charge in [-0.05, 0) is 44.9 Å². The summed E-state index contributed by atoms with van der Waals surface area (Å²) in [6.07, 6.45) is 0. The molecule has 9 aromatic rings. The standard InChI is InChI=1S/C45H40B11N3O/c46-30-26(25-31(47)38(54)40(56)39(55)32(25)48)36(52)42-28(33(30)49)27-34(50)37(53)35(51)29(41(27)60-42)45-58-43(22-16-14-21(15-17-22)19-8-3-1-4-9-19)57-44(59-45)24-13-7-12-23(18-24)20-10-5-2-6-11-20/h1-18H,46-56H2. The Labute approximate surface area is 362 Å². The van der Waals surface area contributed by atoms with E-state index < -0.39 is 0 Å². The van der Waals surface area contributed by atoms with Crippen molar-refractivity contribution in [1.82, 2.24) is 15.0 Å². The Kier molecular flexibility index (Phi) is 10.1. The zero-order valence-electron chi connectivity index (χ0n) is 36.6. The van der Waals surface area contributed by atoms with E-state index in [1.807, 2.05) is 12.1 Å². The van der Waals surface area contributed by atoms with Crippen molar-refractivity contribution in [2.24, 2.45) is 0 Å². The molecule has 60 heavy (non-hydrogen) atoms. The van der Waals surface area contributed by atoms with Gasteiger partial charge in [-0.15, -0.1) is 16.4 Å². The molecule has 0 bridgehead atoms. The Morgan fingerprint density at radius 2 is 0.667 bits per heavy atom. The van der Waals surface area contributed by atoms with E-state index in [-0.39, 0.29) is 0 Å². The van der Waals surface area contributed by atoms with Crippen LogP contribution in [0.15, 0.2) is 114 Å². The predicted octanol–water partition coefficient (Wildman–Crippen LogP) is -7.38. The molecule has 274 valence electrons. The van der Waals surface area contributed by atoms with Gasteiger partial charge in [-0.25, -0.2) is 15.0 Å². The Morgan fingerprint density at radius 3 is 1.28 bits per heavy atom. The highest BCUT2D eigenvalue weighted by Crippen LogP contribution is 2.34. The van der Waals surface area contributed by atoms with Gasteiger partial charge >= 0.3 is 0 Å². The van der Waals surface area contributed by atoms with E-state index in [1.54, 1.807) is 0 Å². The SMILES string of the molecule is Bc1c(B)c(B)c(-c2c(B)c(B)c3c(oc4c(-c5nc(-c6ccc(-c7ccccc7)cc6)nc(-c6cccc(-c7ccccc7)c6)n5)c(B)c(B)c(B)c43)c2B)c(B)c1B. The second kappa shape index (κ2) is 15.3. The summed E-state index contributed by atoms with van der Waals surface area (Å²) in [6.45, 7) is 0. The Balaban J connectivity index is 1.32. The number of rotatable bonds is 6. The van der Waals surface area contributed by atoms with Crippen LogP contribution in [0.3, 0.4) is 0 Å². The lowest BCUT2D eigenvalue weighted by atomic mass is 9.57. The van der Waals surface area contributed by atoms with Gasteiger partial charge in [0.1, 0.15) is 97.5 Å². The van der Waals surface area contributed by atoms with E-state index in [9.17, 15) is 0 Å². The fourth-order valence-electron chi connectivity index (χ4n) is 9.36. The topological polar surface area (TPSA) is 51.8 Å². The maximum absolute atomic E-state index is 7.28. The van der Waals surface area contributed by atoms with Gasteiger partial charge in [0.05, 0.1) is 5.56 Å². The van der Waals surface area contributed by atoms with E-state index in [4.69, 9.17) is 19.4 Å². The summed E-state index contributed by atoms with van der Waals surface area (Å²) in [5, 5.41) is 2.30. The molecule has 0 aliphatic heterocycles. The molecule has 7 aromatic carbocycles. The normalized spacial score (nSPS) is 11.4. The minimum absolute atomic E-state index is 0.598. The van der Waals surface area contributed by atoms with Gasteiger partial charge in [0, 0.05) is 21.9 Å². The molecule has 0 atom stereocenters. The molecule has 0 saturated heterocycles. The average molecular weight is 758 g/mol. The van der Waals surface area contributed by atoms with Crippen LogP contribution in [0.25, 0.3) is 89.5 Å². The molecule has 0 amide bonds. The monoisotopic (exact) mass is 759 g/mol. The number of fused-ring (bicyclic) bond motifs is 3. The molecule has 0 radical (unpaired) electrons. The molecule has 0 aliphatic carbocycles. The van der Waals surface area contributed by atoms with E-state index >= 15 is 0 Å². The summed E-state index contributed by atoms with van der Waals surface area (Å²) < 4.78 is 7.28. The first-order chi connectivity index (χ1) is 28.8. The smallest absolute Gasteiger partial charge is 0.167 e. The van der Waals surface area contributed by atoms with Crippen LogP contribution >= 0.6 is 0 Å². The molecule has 4 nitrogen and oxygen atoms in total. The molecule has 15 heteroatoms. The molecule has 2 aromatic heterocycles. The molecule has 2 heterocycles. The van der Waals surface area contributed by atoms with Crippen molar-refractivity contribution >= 4 is 168 Å². The van der Waals surface area contributed by atoms with Crippen molar-refractivity contribution < 1.29 is 4.42 Å². The number of hydrogen-bond acceptors (Lipinski definition) is 4. The Morgan fingerprint density at radius 1 is 0.283 bits per heavy atom. The minimum atomic E-state index is 0.598. The lowest BCUT2D eigenvalue weighted by Crippen LogP contribution is -2.56. The summed E-state index contributed by atoms with van der Waals surface area (Å²) in [5.41, 5.74) is 25.6. The third-order valence-electron chi connectivity index (χ3n) is 13.6. The summed E-state index contributed by atoms with van der Waals surface area (Å²) in [5.74, 6) is 1.83. The van der Waals surface area contributed by atoms with E-state index in [0.717, 1.165) is 60.9 Å². The molecular weight excluding hydrogens is 717 g/mol. The average Bonchev–Trinajstić information content (AvgIpc) is 3.69. The number of benzene rings is 7. The molecule has 0 spiro atoms. The van der Waals surface area contributed by atoms with Crippen molar-refractivity contribution in [1.29, 1.82) is 0 Å². The molecule has 9 rings (SSSR count). The van der Waals surface area contributed by atoms with Crippen molar-refractivity contribution in [3.63, 3.8) is 0 Å². The lowest BCUT2D eigenvalue weighted by molar-refractivity contribution is 0.673. The Hall–Kier alpha value is -5.94. The van der Waals surface area contributed by atoms with E-state index in [2.05, 4.69) is 183 Å². The van der Waals surface area contributed by atoms with Crippen molar-refractivity contribution in [3.05, 3.63) is 109 Å². The number of aromatic nitrogens is 3. The number of hydrogen-bond donors (Lipinski definition) is 0. The van der Waals surface area contributed by atoms with Crippen LogP contribution < -0.4 is 60.1 Å². The van der Waals surface area contributed by atoms with Crippen molar-refractivity contribution in [2.45, 2.75) is 0 Å². The zero-order valence-corrected chi connectivity index (χ0v) is 36.6. The highest BCUT2D eigenvalue weighted by atomic mass is 16.3. The molecule has 0 N–H and O–H groups in total. The van der Waals surface area contributed by atoms with Crippen molar-refractivity contribution in [2.75, 3.05) is 0 Å². The zero-order chi connectivity index (χ0) is 42.1. The predicted molar refractivity (Wildman–Crippen MR) is 290 cm³/mol. The third kappa shape index (κ3) is 6.36. The molecular formula is C45H40B11N3O. The minimum Gasteiger partial charge on any atom is -0.456 e. The highest BCUT2D eigenvalue weighted by molar-refractivity contribution is 6.71. The number of nitrogens with zero attached hydrogens (tertiary/aromatic N) is 3. The van der Waals surface area contributed by atoms with Gasteiger partial charge in [-0.3, -0.25) is 0 Å². The third-order valence-corrected chi connectivity index (χ3v) is 13.6. The maximum Gasteiger partial charge on any atom is 0.167 e. The largest absolute Gasteiger partial charge is 0.456 e. The second-order valence-electron chi connectivity index (χ2n) is 16.7. The fraction of sp³-hybridized carbons (Fsp3) is 0. The van der Waals surface area contributed by atoms with Crippen LogP contribution in [0.1, 0.15) is 0 Å². The van der Waals surface area contributed by atoms with Crippen LogP contribution in [0, 0.1) is 0 Å². The maximum atomic E-state index is 7.28. The van der Waals surface area contributed by atoms with Gasteiger partial charge in [-0.2, -0.15) is 0 Å². The Bertz CT molecular complexity index is 3180. The summed E-state index contributed by atoms with van der Waals surface area (Å²) >= 11 is 0. The quantitative estimate of drug-likeness (QED) is 0.159. The molecule has 0 unspecified atom stereocenters. The first-order valence-corrected chi connectivity index (χ1v) is 21.0. The van der Waals surface area contributed by atoms with Crippen LogP contribution in [0.2, 0.25) is 0 Å².